The van der Waals surface area contributed by atoms with Gasteiger partial charge >= 0.3 is 0 Å². The summed E-state index contributed by atoms with van der Waals surface area (Å²) in [5, 5.41) is 0.966. The third-order valence-electron chi connectivity index (χ3n) is 3.51. The van der Waals surface area contributed by atoms with Gasteiger partial charge in [0.2, 0.25) is 0 Å². The summed E-state index contributed by atoms with van der Waals surface area (Å²) < 4.78 is 0. The zero-order valence-electron chi connectivity index (χ0n) is 10.7. The molecule has 0 saturated heterocycles. The number of aromatic nitrogens is 2. The van der Waals surface area contributed by atoms with Crippen molar-refractivity contribution in [3.63, 3.8) is 0 Å². The molecule has 0 fully saturated rings. The van der Waals surface area contributed by atoms with Crippen LogP contribution in [0.25, 0.3) is 11.0 Å². The Bertz CT molecular complexity index is 575. The lowest BCUT2D eigenvalue weighted by atomic mass is 9.91. The van der Waals surface area contributed by atoms with Crippen molar-refractivity contribution in [2.75, 3.05) is 5.75 Å². The first kappa shape index (κ1) is 12.9. The van der Waals surface area contributed by atoms with Crippen molar-refractivity contribution in [2.45, 2.75) is 37.3 Å². The molecule has 1 aliphatic carbocycles. The van der Waals surface area contributed by atoms with Crippen LogP contribution in [0.5, 0.6) is 0 Å². The van der Waals surface area contributed by atoms with Crippen LogP contribution < -0.4 is 5.73 Å². The van der Waals surface area contributed by atoms with Crippen LogP contribution in [0.3, 0.4) is 0 Å². The molecule has 1 aliphatic rings. The first-order valence-corrected chi connectivity index (χ1v) is 8.04. The Labute approximate surface area is 122 Å². The van der Waals surface area contributed by atoms with Gasteiger partial charge in [-0.3, -0.25) is 0 Å². The minimum atomic E-state index is 0.569. The number of nitrogens with zero attached hydrogens (tertiary/aromatic N) is 1. The Morgan fingerprint density at radius 3 is 2.79 bits per heavy atom. The fourth-order valence-corrected chi connectivity index (χ4v) is 3.63. The van der Waals surface area contributed by atoms with Crippen LogP contribution >= 0.6 is 24.0 Å². The van der Waals surface area contributed by atoms with Gasteiger partial charge in [0.15, 0.2) is 5.16 Å². The maximum Gasteiger partial charge on any atom is 0.166 e. The number of hydrogen-bond donors (Lipinski definition) is 2. The molecule has 0 unspecified atom stereocenters. The van der Waals surface area contributed by atoms with Crippen molar-refractivity contribution >= 4 is 40.0 Å². The quantitative estimate of drug-likeness (QED) is 0.671. The lowest BCUT2D eigenvalue weighted by Gasteiger charge is -2.14. The first-order valence-electron chi connectivity index (χ1n) is 6.65. The van der Waals surface area contributed by atoms with E-state index in [4.69, 9.17) is 18.0 Å². The van der Waals surface area contributed by atoms with Crippen molar-refractivity contribution in [2.24, 2.45) is 5.73 Å². The number of fused-ring (bicyclic) bond motifs is 2. The number of thioether (sulfide) groups is 1. The van der Waals surface area contributed by atoms with Gasteiger partial charge < -0.3 is 10.7 Å². The first-order chi connectivity index (χ1) is 9.22. The second-order valence-corrected chi connectivity index (χ2v) is 6.56. The van der Waals surface area contributed by atoms with Crippen LogP contribution in [0, 0.1) is 0 Å². The SMILES string of the molecule is NC(=S)CCSc1nc2cc3c(cc2[nH]1)CCCC3. The summed E-state index contributed by atoms with van der Waals surface area (Å²) >= 11 is 6.56. The fraction of sp³-hybridized carbons (Fsp3) is 0.429. The van der Waals surface area contributed by atoms with E-state index in [1.165, 1.54) is 36.8 Å². The molecule has 2 aromatic rings. The predicted octanol–water partition coefficient (Wildman–Crippen LogP) is 3.21. The van der Waals surface area contributed by atoms with Crippen molar-refractivity contribution < 1.29 is 0 Å². The van der Waals surface area contributed by atoms with Gasteiger partial charge in [-0.2, -0.15) is 0 Å². The van der Waals surface area contributed by atoms with Gasteiger partial charge in [0.05, 0.1) is 16.0 Å². The topological polar surface area (TPSA) is 54.7 Å². The zero-order valence-corrected chi connectivity index (χ0v) is 12.4. The lowest BCUT2D eigenvalue weighted by Crippen LogP contribution is -2.08. The predicted molar refractivity (Wildman–Crippen MR) is 84.9 cm³/mol. The number of H-pyrrole nitrogens is 1. The maximum atomic E-state index is 5.50. The molecule has 0 saturated carbocycles. The van der Waals surface area contributed by atoms with Crippen molar-refractivity contribution in [1.29, 1.82) is 0 Å². The maximum absolute atomic E-state index is 5.50. The summed E-state index contributed by atoms with van der Waals surface area (Å²) in [5.74, 6) is 0.884. The highest BCUT2D eigenvalue weighted by Gasteiger charge is 2.12. The molecule has 0 radical (unpaired) electrons. The molecule has 3 nitrogen and oxygen atoms in total. The monoisotopic (exact) mass is 291 g/mol. The minimum Gasteiger partial charge on any atom is -0.393 e. The van der Waals surface area contributed by atoms with Gasteiger partial charge in [0, 0.05) is 12.2 Å². The molecule has 1 heterocycles. The van der Waals surface area contributed by atoms with Crippen LogP contribution in [0.4, 0.5) is 0 Å². The molecule has 0 bridgehead atoms. The number of hydrogen-bond acceptors (Lipinski definition) is 3. The Morgan fingerprint density at radius 1 is 1.32 bits per heavy atom. The van der Waals surface area contributed by atoms with E-state index in [9.17, 15) is 0 Å². The zero-order chi connectivity index (χ0) is 13.2. The lowest BCUT2D eigenvalue weighted by molar-refractivity contribution is 0.687. The second kappa shape index (κ2) is 5.51. The Balaban J connectivity index is 1.82. The molecular weight excluding hydrogens is 274 g/mol. The van der Waals surface area contributed by atoms with Crippen LogP contribution in [0.1, 0.15) is 30.4 Å². The molecule has 3 N–H and O–H groups in total. The van der Waals surface area contributed by atoms with E-state index in [-0.39, 0.29) is 0 Å². The molecule has 3 rings (SSSR count). The molecule has 1 aromatic carbocycles. The van der Waals surface area contributed by atoms with Crippen LogP contribution in [0.15, 0.2) is 17.3 Å². The second-order valence-electron chi connectivity index (χ2n) is 4.95. The molecule has 100 valence electrons. The number of thiocarbonyl (C=S) groups is 1. The normalized spacial score (nSPS) is 14.5. The number of benzene rings is 1. The highest BCUT2D eigenvalue weighted by molar-refractivity contribution is 7.99. The molecular formula is C14H17N3S2. The van der Waals surface area contributed by atoms with E-state index in [2.05, 4.69) is 22.1 Å². The van der Waals surface area contributed by atoms with E-state index in [0.717, 1.165) is 28.4 Å². The summed E-state index contributed by atoms with van der Waals surface area (Å²) in [4.78, 5) is 8.60. The van der Waals surface area contributed by atoms with E-state index in [1.54, 1.807) is 11.8 Å². The number of aromatic amines is 1. The smallest absolute Gasteiger partial charge is 0.166 e. The number of aryl methyl sites for hydroxylation is 2. The molecule has 0 amide bonds. The largest absolute Gasteiger partial charge is 0.393 e. The van der Waals surface area contributed by atoms with Crippen molar-refractivity contribution in [1.82, 2.24) is 9.97 Å². The van der Waals surface area contributed by atoms with E-state index in [0.29, 0.717) is 4.99 Å². The highest BCUT2D eigenvalue weighted by atomic mass is 32.2. The van der Waals surface area contributed by atoms with Gasteiger partial charge in [-0.25, -0.2) is 4.98 Å². The average molecular weight is 291 g/mol. The third kappa shape index (κ3) is 2.92. The molecule has 5 heteroatoms. The van der Waals surface area contributed by atoms with E-state index >= 15 is 0 Å². The van der Waals surface area contributed by atoms with E-state index in [1.807, 2.05) is 0 Å². The van der Waals surface area contributed by atoms with Crippen LogP contribution in [0.2, 0.25) is 0 Å². The molecule has 0 aliphatic heterocycles. The fourth-order valence-electron chi connectivity index (χ4n) is 2.53. The van der Waals surface area contributed by atoms with Gasteiger partial charge in [0.1, 0.15) is 0 Å². The van der Waals surface area contributed by atoms with Crippen LogP contribution in [-0.2, 0) is 12.8 Å². The van der Waals surface area contributed by atoms with Gasteiger partial charge in [-0.1, -0.05) is 24.0 Å². The Kier molecular flexibility index (Phi) is 3.75. The Hall–Kier alpha value is -1.07. The van der Waals surface area contributed by atoms with E-state index < -0.39 is 0 Å². The van der Waals surface area contributed by atoms with Crippen molar-refractivity contribution in [3.05, 3.63) is 23.3 Å². The minimum absolute atomic E-state index is 0.569. The molecule has 0 atom stereocenters. The third-order valence-corrected chi connectivity index (χ3v) is 4.59. The number of rotatable bonds is 4. The van der Waals surface area contributed by atoms with Gasteiger partial charge in [-0.15, -0.1) is 0 Å². The van der Waals surface area contributed by atoms with Crippen LogP contribution in [-0.4, -0.2) is 20.7 Å². The summed E-state index contributed by atoms with van der Waals surface area (Å²) in [5.41, 5.74) is 10.7. The summed E-state index contributed by atoms with van der Waals surface area (Å²) in [6.07, 6.45) is 5.77. The number of nitrogens with two attached hydrogens (primary N) is 1. The van der Waals surface area contributed by atoms with Crippen molar-refractivity contribution in [3.8, 4) is 0 Å². The van der Waals surface area contributed by atoms with Gasteiger partial charge in [-0.05, 0) is 48.9 Å². The standard InChI is InChI=1S/C14H17N3S2/c15-13(18)5-6-19-14-16-11-7-9-3-1-2-4-10(9)8-12(11)17-14/h7-8H,1-6H2,(H2,15,18)(H,16,17). The van der Waals surface area contributed by atoms with Gasteiger partial charge in [0.25, 0.3) is 0 Å². The highest BCUT2D eigenvalue weighted by Crippen LogP contribution is 2.27. The average Bonchev–Trinajstić information content (AvgIpc) is 2.77. The Morgan fingerprint density at radius 2 is 2.05 bits per heavy atom. The molecule has 1 aromatic heterocycles. The summed E-state index contributed by atoms with van der Waals surface area (Å²) in [6.45, 7) is 0. The number of nitrogens with one attached hydrogen (secondary N) is 1. The summed E-state index contributed by atoms with van der Waals surface area (Å²) in [6, 6.07) is 4.52. The summed E-state index contributed by atoms with van der Waals surface area (Å²) in [7, 11) is 0. The molecule has 19 heavy (non-hydrogen) atoms. The molecule has 0 spiro atoms. The number of imidazole rings is 1.